The van der Waals surface area contributed by atoms with Gasteiger partial charge in [-0.15, -0.1) is 0 Å². The van der Waals surface area contributed by atoms with Crippen molar-refractivity contribution in [2.75, 3.05) is 6.54 Å². The maximum Gasteiger partial charge on any atom is 0.166 e. The molecule has 2 rings (SSSR count). The summed E-state index contributed by atoms with van der Waals surface area (Å²) in [7, 11) is 0. The van der Waals surface area contributed by atoms with Crippen molar-refractivity contribution in [3.8, 4) is 5.75 Å². The molecule has 0 saturated heterocycles. The van der Waals surface area contributed by atoms with Crippen LogP contribution in [0.1, 0.15) is 37.7 Å². The van der Waals surface area contributed by atoms with Gasteiger partial charge in [0.25, 0.3) is 0 Å². The van der Waals surface area contributed by atoms with Crippen molar-refractivity contribution in [3.05, 3.63) is 52.5 Å². The third-order valence-electron chi connectivity index (χ3n) is 3.12. The van der Waals surface area contributed by atoms with Crippen molar-refractivity contribution >= 4 is 15.9 Å². The molecule has 0 radical (unpaired) electrons. The number of hydrogen-bond donors (Lipinski definition) is 1. The van der Waals surface area contributed by atoms with Gasteiger partial charge in [0.05, 0.1) is 0 Å². The van der Waals surface area contributed by atoms with Crippen molar-refractivity contribution in [2.24, 2.45) is 0 Å². The van der Waals surface area contributed by atoms with Crippen molar-refractivity contribution in [1.29, 1.82) is 0 Å². The minimum Gasteiger partial charge on any atom is -0.485 e. The van der Waals surface area contributed by atoms with Crippen LogP contribution in [0, 0.1) is 0 Å². The molecule has 0 aliphatic carbocycles. The van der Waals surface area contributed by atoms with Gasteiger partial charge in [-0.05, 0) is 38.1 Å². The molecule has 21 heavy (non-hydrogen) atoms. The number of nitrogens with one attached hydrogen (secondary N) is 1. The molecule has 1 aromatic carbocycles. The molecular weight excluding hydrogens is 330 g/mol. The highest BCUT2D eigenvalue weighted by Gasteiger charge is 2.12. The maximum absolute atomic E-state index is 5.91. The van der Waals surface area contributed by atoms with Crippen LogP contribution in [-0.4, -0.2) is 16.5 Å². The van der Waals surface area contributed by atoms with Crippen LogP contribution in [0.25, 0.3) is 0 Å². The molecule has 0 amide bonds. The number of nitrogens with zero attached hydrogens (tertiary/aromatic N) is 2. The lowest BCUT2D eigenvalue weighted by Crippen LogP contribution is -2.20. The highest BCUT2D eigenvalue weighted by Crippen LogP contribution is 2.29. The van der Waals surface area contributed by atoms with E-state index in [1.54, 1.807) is 18.5 Å². The molecule has 1 atom stereocenters. The third kappa shape index (κ3) is 4.79. The molecule has 5 heteroatoms. The summed E-state index contributed by atoms with van der Waals surface area (Å²) >= 11 is 3.49. The summed E-state index contributed by atoms with van der Waals surface area (Å²) in [5.41, 5.74) is 1.14. The molecule has 4 nitrogen and oxygen atoms in total. The second-order valence-corrected chi connectivity index (χ2v) is 5.73. The van der Waals surface area contributed by atoms with E-state index in [1.165, 1.54) is 0 Å². The number of rotatable bonds is 7. The van der Waals surface area contributed by atoms with Crippen LogP contribution in [0.2, 0.25) is 0 Å². The Morgan fingerprint density at radius 1 is 1.29 bits per heavy atom. The molecule has 0 spiro atoms. The fraction of sp³-hybridized carbons (Fsp3) is 0.375. The first-order valence-electron chi connectivity index (χ1n) is 7.12. The summed E-state index contributed by atoms with van der Waals surface area (Å²) < 4.78 is 6.91. The molecule has 1 unspecified atom stereocenters. The van der Waals surface area contributed by atoms with E-state index in [9.17, 15) is 0 Å². The largest absolute Gasteiger partial charge is 0.485 e. The van der Waals surface area contributed by atoms with Crippen molar-refractivity contribution < 1.29 is 4.74 Å². The number of hydrogen-bond acceptors (Lipinski definition) is 4. The summed E-state index contributed by atoms with van der Waals surface area (Å²) in [4.78, 5) is 8.35. The van der Waals surface area contributed by atoms with Gasteiger partial charge < -0.3 is 10.1 Å². The number of benzene rings is 1. The van der Waals surface area contributed by atoms with E-state index in [0.717, 1.165) is 28.8 Å². The highest BCUT2D eigenvalue weighted by molar-refractivity contribution is 9.10. The second kappa shape index (κ2) is 8.10. The Balaban J connectivity index is 2.11. The van der Waals surface area contributed by atoms with Gasteiger partial charge in [-0.25, -0.2) is 9.97 Å². The van der Waals surface area contributed by atoms with E-state index in [1.807, 2.05) is 12.1 Å². The Labute approximate surface area is 134 Å². The van der Waals surface area contributed by atoms with Crippen LogP contribution in [0.4, 0.5) is 0 Å². The smallest absolute Gasteiger partial charge is 0.166 e. The lowest BCUT2D eigenvalue weighted by atomic mass is 10.1. The van der Waals surface area contributed by atoms with Crippen molar-refractivity contribution in [3.63, 3.8) is 0 Å². The average molecular weight is 350 g/mol. The van der Waals surface area contributed by atoms with Gasteiger partial charge in [0.15, 0.2) is 5.82 Å². The molecule has 1 N–H and O–H groups in total. The molecule has 0 fully saturated rings. The van der Waals surface area contributed by atoms with E-state index >= 15 is 0 Å². The topological polar surface area (TPSA) is 47.0 Å². The number of ether oxygens (including phenoxy) is 1. The van der Waals surface area contributed by atoms with E-state index in [-0.39, 0.29) is 6.04 Å². The summed E-state index contributed by atoms with van der Waals surface area (Å²) in [6, 6.07) is 8.14. The van der Waals surface area contributed by atoms with Crippen LogP contribution < -0.4 is 10.1 Å². The summed E-state index contributed by atoms with van der Waals surface area (Å²) in [6.45, 7) is 5.65. The molecular formula is C16H20BrN3O. The molecule has 0 aliphatic heterocycles. The van der Waals surface area contributed by atoms with E-state index in [4.69, 9.17) is 4.74 Å². The predicted octanol–water partition coefficient (Wildman–Crippen LogP) is 3.88. The first-order chi connectivity index (χ1) is 10.2. The lowest BCUT2D eigenvalue weighted by molar-refractivity contribution is 0.289. The van der Waals surface area contributed by atoms with Gasteiger partial charge in [0.2, 0.25) is 0 Å². The minimum atomic E-state index is 0.241. The summed E-state index contributed by atoms with van der Waals surface area (Å²) in [5, 5.41) is 3.48. The van der Waals surface area contributed by atoms with Crippen LogP contribution in [0.5, 0.6) is 5.75 Å². The summed E-state index contributed by atoms with van der Waals surface area (Å²) in [5.74, 6) is 1.53. The summed E-state index contributed by atoms with van der Waals surface area (Å²) in [6.07, 6.45) is 4.55. The Kier molecular flexibility index (Phi) is 6.14. The molecule has 2 aromatic rings. The molecule has 0 bridgehead atoms. The Morgan fingerprint density at radius 3 is 2.76 bits per heavy atom. The third-order valence-corrected chi connectivity index (χ3v) is 3.61. The predicted molar refractivity (Wildman–Crippen MR) is 87.2 cm³/mol. The van der Waals surface area contributed by atoms with E-state index in [2.05, 4.69) is 51.1 Å². The Hall–Kier alpha value is -1.46. The Morgan fingerprint density at radius 2 is 2.05 bits per heavy atom. The maximum atomic E-state index is 5.91. The van der Waals surface area contributed by atoms with Gasteiger partial charge in [-0.1, -0.05) is 28.9 Å². The van der Waals surface area contributed by atoms with Gasteiger partial charge in [0.1, 0.15) is 12.4 Å². The fourth-order valence-corrected chi connectivity index (χ4v) is 2.35. The zero-order chi connectivity index (χ0) is 15.1. The quantitative estimate of drug-likeness (QED) is 0.823. The molecule has 112 valence electrons. The van der Waals surface area contributed by atoms with Crippen LogP contribution >= 0.6 is 15.9 Å². The van der Waals surface area contributed by atoms with Gasteiger partial charge in [-0.3, -0.25) is 0 Å². The van der Waals surface area contributed by atoms with E-state index in [0.29, 0.717) is 12.4 Å². The Bertz CT molecular complexity index is 563. The van der Waals surface area contributed by atoms with Crippen molar-refractivity contribution in [1.82, 2.24) is 15.3 Å². The monoisotopic (exact) mass is 349 g/mol. The average Bonchev–Trinajstić information content (AvgIpc) is 2.51. The minimum absolute atomic E-state index is 0.241. The molecule has 0 aliphatic rings. The van der Waals surface area contributed by atoms with E-state index < -0.39 is 0 Å². The lowest BCUT2D eigenvalue weighted by Gasteiger charge is -2.18. The molecule has 0 saturated carbocycles. The first-order valence-corrected chi connectivity index (χ1v) is 7.91. The molecule has 1 aromatic heterocycles. The highest BCUT2D eigenvalue weighted by atomic mass is 79.9. The van der Waals surface area contributed by atoms with Crippen LogP contribution in [0.15, 0.2) is 41.1 Å². The number of aromatic nitrogens is 2. The second-order valence-electron chi connectivity index (χ2n) is 4.81. The molecule has 1 heterocycles. The zero-order valence-electron chi connectivity index (χ0n) is 12.3. The van der Waals surface area contributed by atoms with Crippen LogP contribution in [-0.2, 0) is 6.61 Å². The normalized spacial score (nSPS) is 12.1. The fourth-order valence-electron chi connectivity index (χ4n) is 2.01. The van der Waals surface area contributed by atoms with Crippen LogP contribution in [0.3, 0.4) is 0 Å². The number of halogens is 1. The van der Waals surface area contributed by atoms with Gasteiger partial charge >= 0.3 is 0 Å². The van der Waals surface area contributed by atoms with Gasteiger partial charge in [0, 0.05) is 28.5 Å². The van der Waals surface area contributed by atoms with Gasteiger partial charge in [-0.2, -0.15) is 0 Å². The standard InChI is InChI=1S/C16H20BrN3O/c1-3-7-18-12(2)14-6-5-13(17)10-15(14)21-11-16-19-8-4-9-20-16/h4-6,8-10,12,18H,3,7,11H2,1-2H3. The zero-order valence-corrected chi connectivity index (χ0v) is 13.9. The SMILES string of the molecule is CCCNC(C)c1ccc(Br)cc1OCc1ncccn1. The first kappa shape index (κ1) is 15.9. The van der Waals surface area contributed by atoms with Crippen molar-refractivity contribution in [2.45, 2.75) is 32.9 Å².